The van der Waals surface area contributed by atoms with E-state index in [1.807, 2.05) is 30.3 Å². The van der Waals surface area contributed by atoms with Crippen molar-refractivity contribution < 1.29 is 28.7 Å². The molecule has 8 nitrogen and oxygen atoms in total. The maximum absolute atomic E-state index is 13.5. The van der Waals surface area contributed by atoms with Gasteiger partial charge in [0.15, 0.2) is 0 Å². The fourth-order valence-corrected chi connectivity index (χ4v) is 4.00. The summed E-state index contributed by atoms with van der Waals surface area (Å²) in [5, 5.41) is 0. The molecule has 8 heteroatoms. The van der Waals surface area contributed by atoms with Crippen LogP contribution >= 0.6 is 0 Å². The summed E-state index contributed by atoms with van der Waals surface area (Å²) in [4.78, 5) is 54.1. The lowest BCUT2D eigenvalue weighted by Gasteiger charge is -2.28. The molecule has 0 aromatic heterocycles. The number of carbonyl (C=O) groups is 4. The Morgan fingerprint density at radius 3 is 2.11 bits per heavy atom. The largest absolute Gasteiger partial charge is 0.497 e. The van der Waals surface area contributed by atoms with Gasteiger partial charge in [-0.2, -0.15) is 0 Å². The van der Waals surface area contributed by atoms with Gasteiger partial charge in [0.25, 0.3) is 11.8 Å². The molecule has 1 unspecified atom stereocenters. The van der Waals surface area contributed by atoms with Gasteiger partial charge in [-0.3, -0.25) is 14.4 Å². The molecule has 1 atom stereocenters. The van der Waals surface area contributed by atoms with Crippen molar-refractivity contribution in [1.29, 1.82) is 0 Å². The summed E-state index contributed by atoms with van der Waals surface area (Å²) in [6.07, 6.45) is -0.147. The highest BCUT2D eigenvalue weighted by atomic mass is 16.5. The Kier molecular flexibility index (Phi) is 6.91. The lowest BCUT2D eigenvalue weighted by molar-refractivity contribution is -0.122. The number of esters is 1. The summed E-state index contributed by atoms with van der Waals surface area (Å²) in [7, 11) is 2.81. The number of ether oxygens (including phenoxy) is 2. The first-order chi connectivity index (χ1) is 16.9. The second-order valence-corrected chi connectivity index (χ2v) is 7.97. The van der Waals surface area contributed by atoms with E-state index in [4.69, 9.17) is 9.47 Å². The van der Waals surface area contributed by atoms with Gasteiger partial charge in [-0.25, -0.2) is 9.69 Å². The van der Waals surface area contributed by atoms with E-state index >= 15 is 0 Å². The van der Waals surface area contributed by atoms with Crippen LogP contribution in [0.5, 0.6) is 5.75 Å². The summed E-state index contributed by atoms with van der Waals surface area (Å²) in [5.74, 6) is -1.21. The Bertz CT molecular complexity index is 1240. The second kappa shape index (κ2) is 10.2. The molecule has 0 saturated carbocycles. The van der Waals surface area contributed by atoms with E-state index in [9.17, 15) is 19.2 Å². The Hall–Kier alpha value is -4.46. The van der Waals surface area contributed by atoms with Crippen molar-refractivity contribution in [2.45, 2.75) is 19.0 Å². The molecular formula is C27H24N2O6. The number of rotatable bonds is 7. The zero-order chi connectivity index (χ0) is 24.9. The third kappa shape index (κ3) is 4.91. The van der Waals surface area contributed by atoms with Gasteiger partial charge in [0, 0.05) is 12.1 Å². The SMILES string of the molecule is COC(=O)c1ccc(N2C(=O)CC(N(Cc3ccccc3)C(=O)c3ccc(OC)cc3)C2=O)cc1. The smallest absolute Gasteiger partial charge is 0.337 e. The van der Waals surface area contributed by atoms with E-state index in [0.717, 1.165) is 10.5 Å². The molecule has 3 aromatic rings. The third-order valence-electron chi connectivity index (χ3n) is 5.84. The van der Waals surface area contributed by atoms with Crippen molar-refractivity contribution in [3.05, 3.63) is 95.6 Å². The van der Waals surface area contributed by atoms with Crippen LogP contribution in [-0.4, -0.2) is 48.9 Å². The van der Waals surface area contributed by atoms with Crippen molar-refractivity contribution in [2.24, 2.45) is 0 Å². The first-order valence-corrected chi connectivity index (χ1v) is 11.0. The van der Waals surface area contributed by atoms with Gasteiger partial charge >= 0.3 is 5.97 Å². The summed E-state index contributed by atoms with van der Waals surface area (Å²) in [6, 6.07) is 20.9. The summed E-state index contributed by atoms with van der Waals surface area (Å²) in [6.45, 7) is 0.157. The topological polar surface area (TPSA) is 93.2 Å². The van der Waals surface area contributed by atoms with Gasteiger partial charge in [-0.15, -0.1) is 0 Å². The van der Waals surface area contributed by atoms with Crippen LogP contribution in [0.4, 0.5) is 5.69 Å². The fourth-order valence-electron chi connectivity index (χ4n) is 4.00. The first kappa shape index (κ1) is 23.7. The first-order valence-electron chi connectivity index (χ1n) is 11.0. The molecule has 0 N–H and O–H groups in total. The van der Waals surface area contributed by atoms with Crippen molar-refractivity contribution in [1.82, 2.24) is 4.90 Å². The second-order valence-electron chi connectivity index (χ2n) is 7.97. The zero-order valence-corrected chi connectivity index (χ0v) is 19.3. The van der Waals surface area contributed by atoms with E-state index in [1.54, 1.807) is 24.3 Å². The summed E-state index contributed by atoms with van der Waals surface area (Å²) >= 11 is 0. The van der Waals surface area contributed by atoms with Crippen LogP contribution in [0.15, 0.2) is 78.9 Å². The van der Waals surface area contributed by atoms with Crippen LogP contribution in [0.25, 0.3) is 0 Å². The predicted octanol–water partition coefficient (Wildman–Crippen LogP) is 3.46. The number of imide groups is 1. The third-order valence-corrected chi connectivity index (χ3v) is 5.84. The van der Waals surface area contributed by atoms with E-state index in [2.05, 4.69) is 0 Å². The highest BCUT2D eigenvalue weighted by Gasteiger charge is 2.44. The van der Waals surface area contributed by atoms with Crippen LogP contribution in [0, 0.1) is 0 Å². The van der Waals surface area contributed by atoms with Crippen molar-refractivity contribution in [3.8, 4) is 5.75 Å². The molecule has 1 saturated heterocycles. The fraction of sp³-hybridized carbons (Fsp3) is 0.185. The highest BCUT2D eigenvalue weighted by Crippen LogP contribution is 2.28. The van der Waals surface area contributed by atoms with Crippen LogP contribution in [0.2, 0.25) is 0 Å². The van der Waals surface area contributed by atoms with Crippen molar-refractivity contribution >= 4 is 29.4 Å². The standard InChI is InChI=1S/C27H24N2O6/c1-34-22-14-10-19(11-15-22)25(31)28(17-18-6-4-3-5-7-18)23-16-24(30)29(26(23)32)21-12-8-20(9-13-21)27(33)35-2/h3-15,23H,16-17H2,1-2H3. The lowest BCUT2D eigenvalue weighted by atomic mass is 10.1. The molecule has 0 radical (unpaired) electrons. The molecule has 3 aromatic carbocycles. The number of anilines is 1. The maximum atomic E-state index is 13.5. The zero-order valence-electron chi connectivity index (χ0n) is 19.3. The normalized spacial score (nSPS) is 15.1. The minimum absolute atomic E-state index is 0.147. The molecule has 1 aliphatic heterocycles. The number of benzene rings is 3. The monoisotopic (exact) mass is 472 g/mol. The highest BCUT2D eigenvalue weighted by molar-refractivity contribution is 6.23. The Labute approximate surface area is 202 Å². The number of carbonyl (C=O) groups excluding carboxylic acids is 4. The van der Waals surface area contributed by atoms with Crippen LogP contribution in [0.1, 0.15) is 32.7 Å². The van der Waals surface area contributed by atoms with E-state index in [-0.39, 0.29) is 18.9 Å². The average molecular weight is 472 g/mol. The summed E-state index contributed by atoms with van der Waals surface area (Å²) in [5.41, 5.74) is 1.83. The molecule has 178 valence electrons. The average Bonchev–Trinajstić information content (AvgIpc) is 3.20. The van der Waals surface area contributed by atoms with Gasteiger partial charge in [0.05, 0.1) is 31.9 Å². The maximum Gasteiger partial charge on any atom is 0.337 e. The van der Waals surface area contributed by atoms with E-state index in [0.29, 0.717) is 22.6 Å². The molecule has 0 bridgehead atoms. The van der Waals surface area contributed by atoms with Gasteiger partial charge < -0.3 is 14.4 Å². The summed E-state index contributed by atoms with van der Waals surface area (Å²) < 4.78 is 9.86. The number of amides is 3. The molecule has 1 fully saturated rings. The number of nitrogens with zero attached hydrogens (tertiary/aromatic N) is 2. The van der Waals surface area contributed by atoms with Gasteiger partial charge in [-0.1, -0.05) is 30.3 Å². The molecular weight excluding hydrogens is 448 g/mol. The van der Waals surface area contributed by atoms with Crippen LogP contribution < -0.4 is 9.64 Å². The minimum atomic E-state index is -0.974. The van der Waals surface area contributed by atoms with E-state index in [1.165, 1.54) is 43.4 Å². The molecule has 4 rings (SSSR count). The molecule has 35 heavy (non-hydrogen) atoms. The Morgan fingerprint density at radius 2 is 1.51 bits per heavy atom. The Morgan fingerprint density at radius 1 is 0.886 bits per heavy atom. The van der Waals surface area contributed by atoms with Crippen molar-refractivity contribution in [3.63, 3.8) is 0 Å². The minimum Gasteiger partial charge on any atom is -0.497 e. The molecule has 0 spiro atoms. The van der Waals surface area contributed by atoms with Gasteiger partial charge in [0.2, 0.25) is 5.91 Å². The molecule has 1 aliphatic rings. The van der Waals surface area contributed by atoms with E-state index < -0.39 is 23.8 Å². The van der Waals surface area contributed by atoms with Crippen LogP contribution in [0.3, 0.4) is 0 Å². The molecule has 3 amide bonds. The Balaban J connectivity index is 1.64. The molecule has 1 heterocycles. The lowest BCUT2D eigenvalue weighted by Crippen LogP contribution is -2.45. The molecule has 0 aliphatic carbocycles. The number of hydrogen-bond donors (Lipinski definition) is 0. The van der Waals surface area contributed by atoms with Crippen molar-refractivity contribution in [2.75, 3.05) is 19.1 Å². The quantitative estimate of drug-likeness (QED) is 0.386. The predicted molar refractivity (Wildman–Crippen MR) is 128 cm³/mol. The van der Waals surface area contributed by atoms with Gasteiger partial charge in [0.1, 0.15) is 11.8 Å². The number of methoxy groups -OCH3 is 2. The van der Waals surface area contributed by atoms with Crippen LogP contribution in [-0.2, 0) is 20.9 Å². The van der Waals surface area contributed by atoms with Gasteiger partial charge in [-0.05, 0) is 54.1 Å². The number of hydrogen-bond acceptors (Lipinski definition) is 6.